The molecule has 6 heteroatoms. The second-order valence-corrected chi connectivity index (χ2v) is 11.8. The number of aromatic nitrogens is 4. The van der Waals surface area contributed by atoms with Gasteiger partial charge in [0.1, 0.15) is 16.7 Å². The fourth-order valence-corrected chi connectivity index (χ4v) is 6.92. The summed E-state index contributed by atoms with van der Waals surface area (Å²) in [5.74, 6) is 1.80. The number of para-hydroxylation sites is 1. The van der Waals surface area contributed by atoms with E-state index in [1.54, 1.807) is 6.20 Å². The van der Waals surface area contributed by atoms with Crippen LogP contribution in [-0.4, -0.2) is 19.9 Å². The Hall–Kier alpha value is -6.66. The number of hydrogen-bond acceptors (Lipinski definition) is 6. The molecule has 0 amide bonds. The first-order chi connectivity index (χ1) is 23.8. The molecule has 4 heterocycles. The van der Waals surface area contributed by atoms with E-state index in [9.17, 15) is 0 Å². The first-order valence-corrected chi connectivity index (χ1v) is 15.8. The molecule has 4 aromatic heterocycles. The van der Waals surface area contributed by atoms with Gasteiger partial charge in [-0.2, -0.15) is 0 Å². The van der Waals surface area contributed by atoms with Gasteiger partial charge in [-0.3, -0.25) is 0 Å². The molecule has 0 aliphatic carbocycles. The van der Waals surface area contributed by atoms with Crippen molar-refractivity contribution < 1.29 is 8.83 Å². The minimum atomic E-state index is 0.589. The van der Waals surface area contributed by atoms with Crippen molar-refractivity contribution in [3.63, 3.8) is 0 Å². The van der Waals surface area contributed by atoms with E-state index < -0.39 is 0 Å². The Morgan fingerprint density at radius 2 is 0.917 bits per heavy atom. The molecule has 0 aliphatic rings. The van der Waals surface area contributed by atoms with Crippen molar-refractivity contribution in [3.05, 3.63) is 146 Å². The Morgan fingerprint density at radius 3 is 1.77 bits per heavy atom. The molecule has 0 saturated heterocycles. The summed E-state index contributed by atoms with van der Waals surface area (Å²) >= 11 is 0. The molecular formula is C42H24N4O2. The number of rotatable bonds is 4. The van der Waals surface area contributed by atoms with Gasteiger partial charge in [0.05, 0.1) is 0 Å². The van der Waals surface area contributed by atoms with Crippen LogP contribution in [-0.2, 0) is 0 Å². The lowest BCUT2D eigenvalue weighted by atomic mass is 9.93. The Bertz CT molecular complexity index is 2850. The molecular weight excluding hydrogens is 592 g/mol. The summed E-state index contributed by atoms with van der Waals surface area (Å²) in [5.41, 5.74) is 7.98. The van der Waals surface area contributed by atoms with Crippen LogP contribution in [0.2, 0.25) is 0 Å². The van der Waals surface area contributed by atoms with Gasteiger partial charge in [-0.05, 0) is 52.2 Å². The van der Waals surface area contributed by atoms with Crippen LogP contribution in [0.4, 0.5) is 0 Å². The van der Waals surface area contributed by atoms with Crippen molar-refractivity contribution in [1.82, 2.24) is 19.9 Å². The maximum absolute atomic E-state index is 6.23. The predicted molar refractivity (Wildman–Crippen MR) is 191 cm³/mol. The van der Waals surface area contributed by atoms with Gasteiger partial charge in [-0.25, -0.2) is 19.9 Å². The van der Waals surface area contributed by atoms with Gasteiger partial charge < -0.3 is 8.83 Å². The number of benzene rings is 6. The lowest BCUT2D eigenvalue weighted by molar-refractivity contribution is 0.654. The van der Waals surface area contributed by atoms with E-state index in [2.05, 4.69) is 65.6 Å². The van der Waals surface area contributed by atoms with E-state index in [1.807, 2.05) is 78.9 Å². The Morgan fingerprint density at radius 1 is 0.354 bits per heavy atom. The van der Waals surface area contributed by atoms with Crippen molar-refractivity contribution in [3.8, 4) is 45.3 Å². The number of hydrogen-bond donors (Lipinski definition) is 0. The molecule has 10 rings (SSSR count). The van der Waals surface area contributed by atoms with Gasteiger partial charge in [0, 0.05) is 44.4 Å². The van der Waals surface area contributed by atoms with Gasteiger partial charge in [0.2, 0.25) is 5.71 Å². The van der Waals surface area contributed by atoms with Gasteiger partial charge in [0.15, 0.2) is 17.5 Å². The zero-order chi connectivity index (χ0) is 31.6. The first-order valence-electron chi connectivity index (χ1n) is 15.8. The Balaban J connectivity index is 1.23. The largest absolute Gasteiger partial charge is 0.456 e. The molecule has 224 valence electrons. The van der Waals surface area contributed by atoms with Crippen molar-refractivity contribution >= 4 is 54.8 Å². The van der Waals surface area contributed by atoms with E-state index in [0.29, 0.717) is 23.2 Å². The molecule has 0 spiro atoms. The van der Waals surface area contributed by atoms with Crippen molar-refractivity contribution in [2.24, 2.45) is 0 Å². The number of fused-ring (bicyclic) bond motifs is 7. The summed E-state index contributed by atoms with van der Waals surface area (Å²) in [4.78, 5) is 19.8. The minimum Gasteiger partial charge on any atom is -0.456 e. The summed E-state index contributed by atoms with van der Waals surface area (Å²) < 4.78 is 12.4. The summed E-state index contributed by atoms with van der Waals surface area (Å²) in [7, 11) is 0. The van der Waals surface area contributed by atoms with Crippen molar-refractivity contribution in [1.29, 1.82) is 0 Å². The highest BCUT2D eigenvalue weighted by molar-refractivity contribution is 6.16. The van der Waals surface area contributed by atoms with Crippen molar-refractivity contribution in [2.75, 3.05) is 0 Å². The highest BCUT2D eigenvalue weighted by atomic mass is 16.3. The van der Waals surface area contributed by atoms with E-state index >= 15 is 0 Å². The van der Waals surface area contributed by atoms with Gasteiger partial charge in [-0.1, -0.05) is 109 Å². The average molecular weight is 617 g/mol. The fraction of sp³-hybridized carbons (Fsp3) is 0. The van der Waals surface area contributed by atoms with Crippen LogP contribution in [0.3, 0.4) is 0 Å². The maximum atomic E-state index is 6.23. The lowest BCUT2D eigenvalue weighted by Crippen LogP contribution is -2.01. The highest BCUT2D eigenvalue weighted by Gasteiger charge is 2.20. The normalized spacial score (nSPS) is 11.8. The third kappa shape index (κ3) is 4.06. The van der Waals surface area contributed by atoms with Crippen LogP contribution in [0.1, 0.15) is 0 Å². The molecule has 10 aromatic rings. The van der Waals surface area contributed by atoms with E-state index in [1.165, 1.54) is 0 Å². The molecule has 48 heavy (non-hydrogen) atoms. The number of pyridine rings is 1. The van der Waals surface area contributed by atoms with Crippen LogP contribution in [0.15, 0.2) is 155 Å². The average Bonchev–Trinajstić information content (AvgIpc) is 3.73. The second-order valence-electron chi connectivity index (χ2n) is 11.8. The molecule has 6 aromatic carbocycles. The SMILES string of the molecule is c1ccc(-c2nc(-c3cccc4c(-c5cccc6oc7ncccc7c56)cccc34)nc(-c3cccc4oc5ccccc5c34)n2)cc1. The summed E-state index contributed by atoms with van der Waals surface area (Å²) in [6, 6.07) is 47.1. The van der Waals surface area contributed by atoms with E-state index in [4.69, 9.17) is 23.8 Å². The number of furan rings is 2. The molecule has 6 nitrogen and oxygen atoms in total. The van der Waals surface area contributed by atoms with Crippen LogP contribution < -0.4 is 0 Å². The van der Waals surface area contributed by atoms with Gasteiger partial charge in [-0.15, -0.1) is 0 Å². The molecule has 0 radical (unpaired) electrons. The lowest BCUT2D eigenvalue weighted by Gasteiger charge is -2.13. The van der Waals surface area contributed by atoms with Crippen LogP contribution >= 0.6 is 0 Å². The smallest absolute Gasteiger partial charge is 0.227 e. The molecule has 0 bridgehead atoms. The highest BCUT2D eigenvalue weighted by Crippen LogP contribution is 2.41. The van der Waals surface area contributed by atoms with Crippen molar-refractivity contribution in [2.45, 2.75) is 0 Å². The molecule has 0 aliphatic heterocycles. The predicted octanol–water partition coefficient (Wildman–Crippen LogP) is 10.9. The summed E-state index contributed by atoms with van der Waals surface area (Å²) in [6.07, 6.45) is 1.76. The van der Waals surface area contributed by atoms with E-state index in [-0.39, 0.29) is 0 Å². The zero-order valence-corrected chi connectivity index (χ0v) is 25.5. The summed E-state index contributed by atoms with van der Waals surface area (Å²) in [5, 5.41) is 6.18. The minimum absolute atomic E-state index is 0.589. The van der Waals surface area contributed by atoms with Crippen LogP contribution in [0.25, 0.3) is 100 Å². The first kappa shape index (κ1) is 26.5. The zero-order valence-electron chi connectivity index (χ0n) is 25.5. The number of nitrogens with zero attached hydrogens (tertiary/aromatic N) is 4. The Kier molecular flexibility index (Phi) is 5.77. The molecule has 0 unspecified atom stereocenters. The maximum Gasteiger partial charge on any atom is 0.227 e. The van der Waals surface area contributed by atoms with Crippen LogP contribution in [0.5, 0.6) is 0 Å². The van der Waals surface area contributed by atoms with Gasteiger partial charge >= 0.3 is 0 Å². The third-order valence-corrected chi connectivity index (χ3v) is 9.04. The fourth-order valence-electron chi connectivity index (χ4n) is 6.92. The molecule has 0 atom stereocenters. The molecule has 0 saturated carbocycles. The second kappa shape index (κ2) is 10.4. The monoisotopic (exact) mass is 616 g/mol. The standard InChI is InChI=1S/C42H24N4O2/c1-2-11-25(12-3-1)39-44-40(46-41(45-39)32-19-9-22-35-38(32)31-13-4-5-21-34(31)47-35)30-18-7-14-26-27(15-6-16-28(26)30)29-17-8-23-36-37(29)33-20-10-24-43-42(33)48-36/h1-24H. The third-order valence-electron chi connectivity index (χ3n) is 9.04. The molecule has 0 fully saturated rings. The van der Waals surface area contributed by atoms with Crippen LogP contribution in [0, 0.1) is 0 Å². The van der Waals surface area contributed by atoms with E-state index in [0.717, 1.165) is 76.9 Å². The topological polar surface area (TPSA) is 77.8 Å². The van der Waals surface area contributed by atoms with Gasteiger partial charge in [0.25, 0.3) is 0 Å². The molecule has 0 N–H and O–H groups in total. The Labute approximate surface area is 274 Å². The summed E-state index contributed by atoms with van der Waals surface area (Å²) in [6.45, 7) is 0. The quantitative estimate of drug-likeness (QED) is 0.196.